The van der Waals surface area contributed by atoms with Crippen LogP contribution in [0.25, 0.3) is 0 Å². The van der Waals surface area contributed by atoms with E-state index in [1.54, 1.807) is 19.0 Å². The monoisotopic (exact) mass is 385 g/mol. The predicted molar refractivity (Wildman–Crippen MR) is 110 cm³/mol. The Balaban J connectivity index is 4.76. The topological polar surface area (TPSA) is 95.1 Å². The van der Waals surface area contributed by atoms with Crippen molar-refractivity contribution in [1.82, 2.24) is 20.9 Å². The predicted octanol–water partition coefficient (Wildman–Crippen LogP) is 2.10. The van der Waals surface area contributed by atoms with Gasteiger partial charge in [-0.15, -0.1) is 0 Å². The maximum Gasteiger partial charge on any atom is 0.407 e. The highest BCUT2D eigenvalue weighted by molar-refractivity contribution is 5.81. The highest BCUT2D eigenvalue weighted by atomic mass is 16.6. The molecule has 0 radical (unpaired) electrons. The molecule has 0 saturated carbocycles. The molecule has 3 N–H and O–H groups in total. The van der Waals surface area contributed by atoms with Crippen molar-refractivity contribution < 1.29 is 14.3 Å². The van der Waals surface area contributed by atoms with Gasteiger partial charge in [0, 0.05) is 39.6 Å². The molecule has 1 atom stereocenters. The van der Waals surface area contributed by atoms with Crippen molar-refractivity contribution >= 4 is 18.0 Å². The van der Waals surface area contributed by atoms with Crippen molar-refractivity contribution in [3.63, 3.8) is 0 Å². The minimum atomic E-state index is -0.522. The SMILES string of the molecule is CCCCC(CNC(=O)OC(C)(C)C)NC(=NCCC(=O)N(C)C)NCC. The summed E-state index contributed by atoms with van der Waals surface area (Å²) in [6, 6.07) is 0.0276. The molecule has 1 unspecified atom stereocenters. The molecule has 0 aliphatic heterocycles. The zero-order valence-electron chi connectivity index (χ0n) is 18.1. The molecule has 0 fully saturated rings. The first-order chi connectivity index (χ1) is 12.6. The van der Waals surface area contributed by atoms with Gasteiger partial charge < -0.3 is 25.6 Å². The van der Waals surface area contributed by atoms with Crippen molar-refractivity contribution in [1.29, 1.82) is 0 Å². The number of nitrogens with zero attached hydrogens (tertiary/aromatic N) is 2. The minimum absolute atomic E-state index is 0.0276. The van der Waals surface area contributed by atoms with E-state index in [1.807, 2.05) is 27.7 Å². The number of ether oxygens (including phenoxy) is 1. The number of rotatable bonds is 10. The summed E-state index contributed by atoms with van der Waals surface area (Å²) in [5, 5.41) is 9.36. The molecule has 0 spiro atoms. The van der Waals surface area contributed by atoms with Crippen LogP contribution in [0, 0.1) is 0 Å². The maximum atomic E-state index is 11.9. The zero-order valence-corrected chi connectivity index (χ0v) is 18.1. The van der Waals surface area contributed by atoms with Crippen molar-refractivity contribution in [3.05, 3.63) is 0 Å². The molecule has 0 heterocycles. The second-order valence-electron chi connectivity index (χ2n) is 7.67. The number of carbonyl (C=O) groups is 2. The lowest BCUT2D eigenvalue weighted by Crippen LogP contribution is -2.49. The normalized spacial score (nSPS) is 12.9. The molecule has 0 aliphatic rings. The summed E-state index contributed by atoms with van der Waals surface area (Å²) in [5.41, 5.74) is -0.522. The van der Waals surface area contributed by atoms with Gasteiger partial charge in [0.25, 0.3) is 0 Å². The number of nitrogens with one attached hydrogen (secondary N) is 3. The number of unbranched alkanes of at least 4 members (excludes halogenated alkanes) is 1. The molecule has 0 aromatic carbocycles. The van der Waals surface area contributed by atoms with Crippen LogP contribution in [0.4, 0.5) is 4.79 Å². The third kappa shape index (κ3) is 13.8. The van der Waals surface area contributed by atoms with Crippen molar-refractivity contribution in [3.8, 4) is 0 Å². The first kappa shape index (κ1) is 25.0. The van der Waals surface area contributed by atoms with E-state index in [2.05, 4.69) is 27.9 Å². The van der Waals surface area contributed by atoms with Gasteiger partial charge in [-0.3, -0.25) is 9.79 Å². The molecule has 0 aromatic rings. The number of hydrogen-bond donors (Lipinski definition) is 3. The first-order valence-corrected chi connectivity index (χ1v) is 9.80. The van der Waals surface area contributed by atoms with Gasteiger partial charge in [-0.25, -0.2) is 4.79 Å². The molecule has 27 heavy (non-hydrogen) atoms. The smallest absolute Gasteiger partial charge is 0.407 e. The van der Waals surface area contributed by atoms with Crippen LogP contribution in [0.1, 0.15) is 60.3 Å². The van der Waals surface area contributed by atoms with E-state index >= 15 is 0 Å². The molecule has 8 heteroatoms. The number of aliphatic imine (C=N–C) groups is 1. The third-order valence-corrected chi connectivity index (χ3v) is 3.58. The molecule has 0 aromatic heterocycles. The highest BCUT2D eigenvalue weighted by Gasteiger charge is 2.18. The molecule has 0 rings (SSSR count). The van der Waals surface area contributed by atoms with Crippen molar-refractivity contribution in [2.75, 3.05) is 33.7 Å². The number of guanidine groups is 1. The van der Waals surface area contributed by atoms with Crippen LogP contribution < -0.4 is 16.0 Å². The van der Waals surface area contributed by atoms with Gasteiger partial charge in [-0.1, -0.05) is 19.8 Å². The van der Waals surface area contributed by atoms with Crippen molar-refractivity contribution in [2.45, 2.75) is 71.9 Å². The van der Waals surface area contributed by atoms with Crippen LogP contribution >= 0.6 is 0 Å². The Morgan fingerprint density at radius 1 is 1.15 bits per heavy atom. The number of carbonyl (C=O) groups excluding carboxylic acids is 2. The van der Waals surface area contributed by atoms with E-state index < -0.39 is 11.7 Å². The van der Waals surface area contributed by atoms with E-state index in [1.165, 1.54) is 0 Å². The largest absolute Gasteiger partial charge is 0.444 e. The molecule has 0 saturated heterocycles. The average Bonchev–Trinajstić information content (AvgIpc) is 2.55. The Morgan fingerprint density at radius 3 is 2.33 bits per heavy atom. The van der Waals surface area contributed by atoms with Crippen molar-refractivity contribution in [2.24, 2.45) is 4.99 Å². The Bertz CT molecular complexity index is 472. The van der Waals surface area contributed by atoms with Crippen LogP contribution in [0.5, 0.6) is 0 Å². The van der Waals surface area contributed by atoms with Gasteiger partial charge >= 0.3 is 6.09 Å². The second-order valence-corrected chi connectivity index (χ2v) is 7.67. The lowest BCUT2D eigenvalue weighted by Gasteiger charge is -2.24. The second kappa shape index (κ2) is 13.2. The van der Waals surface area contributed by atoms with E-state index in [4.69, 9.17) is 4.74 Å². The van der Waals surface area contributed by atoms with Crippen LogP contribution in [-0.4, -0.2) is 68.2 Å². The zero-order chi connectivity index (χ0) is 20.9. The summed E-state index contributed by atoms with van der Waals surface area (Å²) in [6.45, 7) is 11.2. The van der Waals surface area contributed by atoms with Crippen LogP contribution in [0.2, 0.25) is 0 Å². The van der Waals surface area contributed by atoms with Gasteiger partial charge in [0.1, 0.15) is 5.60 Å². The molecule has 158 valence electrons. The highest BCUT2D eigenvalue weighted by Crippen LogP contribution is 2.07. The molecule has 2 amide bonds. The number of hydrogen-bond acceptors (Lipinski definition) is 4. The fourth-order valence-electron chi connectivity index (χ4n) is 2.20. The maximum absolute atomic E-state index is 11.9. The fourth-order valence-corrected chi connectivity index (χ4v) is 2.20. The molecule has 0 aliphatic carbocycles. The van der Waals surface area contributed by atoms with E-state index in [0.29, 0.717) is 32.0 Å². The van der Waals surface area contributed by atoms with Crippen LogP contribution in [0.3, 0.4) is 0 Å². The quantitative estimate of drug-likeness (QED) is 0.395. The fraction of sp³-hybridized carbons (Fsp3) is 0.842. The summed E-state index contributed by atoms with van der Waals surface area (Å²) in [7, 11) is 3.47. The average molecular weight is 386 g/mol. The summed E-state index contributed by atoms with van der Waals surface area (Å²) >= 11 is 0. The van der Waals surface area contributed by atoms with E-state index in [9.17, 15) is 9.59 Å². The first-order valence-electron chi connectivity index (χ1n) is 9.80. The standard InChI is InChI=1S/C19H39N5O3/c1-8-10-11-15(14-22-18(26)27-19(3,4)5)23-17(20-9-2)21-13-12-16(25)24(6)7/h15H,8-14H2,1-7H3,(H,22,26)(H2,20,21,23). The van der Waals surface area contributed by atoms with Gasteiger partial charge in [0.05, 0.1) is 6.54 Å². The minimum Gasteiger partial charge on any atom is -0.444 e. The summed E-state index contributed by atoms with van der Waals surface area (Å²) in [4.78, 5) is 29.6. The molecule has 0 bridgehead atoms. The number of alkyl carbamates (subject to hydrolysis) is 1. The Morgan fingerprint density at radius 2 is 1.81 bits per heavy atom. The third-order valence-electron chi connectivity index (χ3n) is 3.58. The number of amides is 2. The van der Waals surface area contributed by atoms with Gasteiger partial charge in [0.2, 0.25) is 5.91 Å². The molecular formula is C19H39N5O3. The summed E-state index contributed by atoms with van der Waals surface area (Å²) in [6.07, 6.45) is 2.93. The summed E-state index contributed by atoms with van der Waals surface area (Å²) < 4.78 is 5.29. The lowest BCUT2D eigenvalue weighted by molar-refractivity contribution is -0.128. The molecular weight excluding hydrogens is 346 g/mol. The Labute approximate surface area is 164 Å². The van der Waals surface area contributed by atoms with Gasteiger partial charge in [-0.05, 0) is 34.1 Å². The Kier molecular flexibility index (Phi) is 12.2. The van der Waals surface area contributed by atoms with E-state index in [0.717, 1.165) is 19.3 Å². The van der Waals surface area contributed by atoms with Gasteiger partial charge in [-0.2, -0.15) is 0 Å². The van der Waals surface area contributed by atoms with Crippen LogP contribution in [0.15, 0.2) is 4.99 Å². The Hall–Kier alpha value is -1.99. The van der Waals surface area contributed by atoms with E-state index in [-0.39, 0.29) is 11.9 Å². The molecule has 8 nitrogen and oxygen atoms in total. The van der Waals surface area contributed by atoms with Crippen LogP contribution in [-0.2, 0) is 9.53 Å². The lowest BCUT2D eigenvalue weighted by atomic mass is 10.1. The summed E-state index contributed by atoms with van der Waals surface area (Å²) in [5.74, 6) is 0.694. The van der Waals surface area contributed by atoms with Gasteiger partial charge in [0.15, 0.2) is 5.96 Å².